The van der Waals surface area contributed by atoms with E-state index >= 15 is 0 Å². The van der Waals surface area contributed by atoms with Crippen LogP contribution in [0, 0.1) is 0 Å². The Kier molecular flexibility index (Phi) is 5.20. The first-order valence-corrected chi connectivity index (χ1v) is 7.58. The summed E-state index contributed by atoms with van der Waals surface area (Å²) in [5.41, 5.74) is 5.79. The Bertz CT molecular complexity index is 484. The third-order valence-corrected chi connectivity index (χ3v) is 4.16. The van der Waals surface area contributed by atoms with Crippen LogP contribution in [0.5, 0.6) is 5.75 Å². The topological polar surface area (TPSA) is 67.6 Å². The molecular weight excluding hydrogens is 266 g/mol. The van der Waals surface area contributed by atoms with Crippen molar-refractivity contribution in [1.82, 2.24) is 10.2 Å². The van der Waals surface area contributed by atoms with Crippen molar-refractivity contribution in [2.24, 2.45) is 5.73 Å². The van der Waals surface area contributed by atoms with Crippen molar-refractivity contribution in [3.05, 3.63) is 29.8 Å². The number of benzene rings is 1. The first-order valence-electron chi connectivity index (χ1n) is 7.58. The number of nitrogens with two attached hydrogens (primary N) is 1. The van der Waals surface area contributed by atoms with Crippen LogP contribution in [0.25, 0.3) is 0 Å². The molecule has 0 saturated carbocycles. The first kappa shape index (κ1) is 15.8. The first-order chi connectivity index (χ1) is 10.1. The van der Waals surface area contributed by atoms with Crippen molar-refractivity contribution < 1.29 is 9.53 Å². The van der Waals surface area contributed by atoms with E-state index in [9.17, 15) is 4.79 Å². The average Bonchev–Trinajstić information content (AvgIpc) is 2.76. The van der Waals surface area contributed by atoms with Gasteiger partial charge in [-0.3, -0.25) is 9.69 Å². The molecule has 1 atom stereocenters. The fraction of sp³-hybridized carbons (Fsp3) is 0.562. The zero-order valence-electron chi connectivity index (χ0n) is 12.9. The Balaban J connectivity index is 2.43. The summed E-state index contributed by atoms with van der Waals surface area (Å²) < 4.78 is 5.71. The van der Waals surface area contributed by atoms with Crippen LogP contribution in [0.1, 0.15) is 25.8 Å². The summed E-state index contributed by atoms with van der Waals surface area (Å²) >= 11 is 0. The number of primary amides is 1. The fourth-order valence-electron chi connectivity index (χ4n) is 2.90. The number of nitrogens with zero attached hydrogens (tertiary/aromatic N) is 1. The molecule has 1 aromatic carbocycles. The molecule has 3 N–H and O–H groups in total. The number of carbonyl (C=O) groups is 1. The van der Waals surface area contributed by atoms with Crippen LogP contribution in [-0.4, -0.2) is 43.6 Å². The summed E-state index contributed by atoms with van der Waals surface area (Å²) in [6.07, 6.45) is 1.000. The van der Waals surface area contributed by atoms with Crippen LogP contribution in [0.4, 0.5) is 0 Å². The lowest BCUT2D eigenvalue weighted by Crippen LogP contribution is -2.54. The minimum absolute atomic E-state index is 0.337. The zero-order valence-corrected chi connectivity index (χ0v) is 12.9. The molecule has 21 heavy (non-hydrogen) atoms. The number of carbonyl (C=O) groups excluding carboxylic acids is 1. The Morgan fingerprint density at radius 1 is 1.38 bits per heavy atom. The predicted molar refractivity (Wildman–Crippen MR) is 83.2 cm³/mol. The van der Waals surface area contributed by atoms with Gasteiger partial charge < -0.3 is 15.8 Å². The molecule has 0 radical (unpaired) electrons. The molecule has 0 aliphatic carbocycles. The fourth-order valence-corrected chi connectivity index (χ4v) is 2.90. The Hall–Kier alpha value is -1.59. The smallest absolute Gasteiger partial charge is 0.242 e. The second kappa shape index (κ2) is 6.91. The van der Waals surface area contributed by atoms with Crippen LogP contribution in [0.15, 0.2) is 24.3 Å². The highest BCUT2D eigenvalue weighted by molar-refractivity contribution is 5.86. The lowest BCUT2D eigenvalue weighted by molar-refractivity contribution is -0.130. The molecule has 0 bridgehead atoms. The van der Waals surface area contributed by atoms with Gasteiger partial charge in [-0.1, -0.05) is 18.2 Å². The normalized spacial score (nSPS) is 19.5. The molecule has 1 aliphatic rings. The number of rotatable bonds is 5. The molecule has 1 aliphatic heterocycles. The summed E-state index contributed by atoms with van der Waals surface area (Å²) in [6.45, 7) is 7.87. The van der Waals surface area contributed by atoms with Gasteiger partial charge >= 0.3 is 0 Å². The maximum absolute atomic E-state index is 12.3. The van der Waals surface area contributed by atoms with E-state index in [2.05, 4.69) is 10.2 Å². The molecule has 1 fully saturated rings. The monoisotopic (exact) mass is 291 g/mol. The Morgan fingerprint density at radius 2 is 2.14 bits per heavy atom. The van der Waals surface area contributed by atoms with E-state index in [1.165, 1.54) is 0 Å². The molecule has 1 amide bonds. The SMILES string of the molecule is CCOc1ccccc1C(C)(C(N)=O)N1CCCNCC1. The van der Waals surface area contributed by atoms with Crippen LogP contribution in [0.3, 0.4) is 0 Å². The van der Waals surface area contributed by atoms with E-state index in [0.717, 1.165) is 43.9 Å². The van der Waals surface area contributed by atoms with Gasteiger partial charge in [-0.25, -0.2) is 0 Å². The minimum atomic E-state index is -0.849. The second-order valence-electron chi connectivity index (χ2n) is 5.46. The summed E-state index contributed by atoms with van der Waals surface area (Å²) in [4.78, 5) is 14.5. The van der Waals surface area contributed by atoms with E-state index in [1.807, 2.05) is 38.1 Å². The summed E-state index contributed by atoms with van der Waals surface area (Å²) in [7, 11) is 0. The Labute approximate surface area is 126 Å². The van der Waals surface area contributed by atoms with Crippen LogP contribution in [-0.2, 0) is 10.3 Å². The van der Waals surface area contributed by atoms with Gasteiger partial charge in [0.15, 0.2) is 0 Å². The predicted octanol–water partition coefficient (Wildman–Crippen LogP) is 1.08. The lowest BCUT2D eigenvalue weighted by Gasteiger charge is -2.39. The van der Waals surface area contributed by atoms with Crippen LogP contribution >= 0.6 is 0 Å². The third kappa shape index (κ3) is 3.19. The van der Waals surface area contributed by atoms with Gasteiger partial charge in [0.25, 0.3) is 0 Å². The quantitative estimate of drug-likeness (QED) is 0.852. The molecule has 116 valence electrons. The van der Waals surface area contributed by atoms with E-state index < -0.39 is 5.54 Å². The molecule has 1 aromatic rings. The van der Waals surface area contributed by atoms with Crippen LogP contribution < -0.4 is 15.8 Å². The highest BCUT2D eigenvalue weighted by Gasteiger charge is 2.41. The summed E-state index contributed by atoms with van der Waals surface area (Å²) in [5, 5.41) is 3.35. The number of hydrogen-bond donors (Lipinski definition) is 2. The molecular formula is C16H25N3O2. The van der Waals surface area contributed by atoms with Crippen molar-refractivity contribution in [1.29, 1.82) is 0 Å². The van der Waals surface area contributed by atoms with E-state index in [1.54, 1.807) is 0 Å². The number of ether oxygens (including phenoxy) is 1. The van der Waals surface area contributed by atoms with Crippen LogP contribution in [0.2, 0.25) is 0 Å². The van der Waals surface area contributed by atoms with E-state index in [-0.39, 0.29) is 5.91 Å². The second-order valence-corrected chi connectivity index (χ2v) is 5.46. The van der Waals surface area contributed by atoms with Gasteiger partial charge in [0, 0.05) is 25.2 Å². The minimum Gasteiger partial charge on any atom is -0.494 e. The summed E-state index contributed by atoms with van der Waals surface area (Å²) in [5.74, 6) is 0.398. The maximum atomic E-state index is 12.3. The standard InChI is InChI=1S/C16H25N3O2/c1-3-21-14-8-5-4-7-13(14)16(2,15(17)20)19-11-6-9-18-10-12-19/h4-5,7-8,18H,3,6,9-12H2,1-2H3,(H2,17,20). The average molecular weight is 291 g/mol. The highest BCUT2D eigenvalue weighted by atomic mass is 16.5. The third-order valence-electron chi connectivity index (χ3n) is 4.16. The van der Waals surface area contributed by atoms with Crippen molar-refractivity contribution in [2.45, 2.75) is 25.8 Å². The largest absolute Gasteiger partial charge is 0.494 e. The Morgan fingerprint density at radius 3 is 2.86 bits per heavy atom. The van der Waals surface area contributed by atoms with Gasteiger partial charge in [0.1, 0.15) is 11.3 Å². The van der Waals surface area contributed by atoms with Crippen molar-refractivity contribution in [3.63, 3.8) is 0 Å². The van der Waals surface area contributed by atoms with Gasteiger partial charge in [-0.2, -0.15) is 0 Å². The number of nitrogens with one attached hydrogen (secondary N) is 1. The number of hydrogen-bond acceptors (Lipinski definition) is 4. The van der Waals surface area contributed by atoms with Gasteiger partial charge in [-0.05, 0) is 32.9 Å². The number of para-hydroxylation sites is 1. The van der Waals surface area contributed by atoms with E-state index in [4.69, 9.17) is 10.5 Å². The molecule has 5 heteroatoms. The summed E-state index contributed by atoms with van der Waals surface area (Å²) in [6, 6.07) is 7.68. The molecule has 2 rings (SSSR count). The molecule has 1 heterocycles. The van der Waals surface area contributed by atoms with Gasteiger partial charge in [0.05, 0.1) is 6.61 Å². The van der Waals surface area contributed by atoms with Crippen molar-refractivity contribution in [2.75, 3.05) is 32.8 Å². The molecule has 1 unspecified atom stereocenters. The van der Waals surface area contributed by atoms with Crippen molar-refractivity contribution in [3.8, 4) is 5.75 Å². The molecule has 0 aromatic heterocycles. The maximum Gasteiger partial charge on any atom is 0.242 e. The lowest BCUT2D eigenvalue weighted by atomic mass is 9.88. The van der Waals surface area contributed by atoms with Gasteiger partial charge in [-0.15, -0.1) is 0 Å². The molecule has 1 saturated heterocycles. The molecule has 5 nitrogen and oxygen atoms in total. The van der Waals surface area contributed by atoms with Gasteiger partial charge in [0.2, 0.25) is 5.91 Å². The highest BCUT2D eigenvalue weighted by Crippen LogP contribution is 2.35. The molecule has 0 spiro atoms. The van der Waals surface area contributed by atoms with E-state index in [0.29, 0.717) is 6.61 Å². The van der Waals surface area contributed by atoms with Crippen molar-refractivity contribution >= 4 is 5.91 Å². The zero-order chi connectivity index (χ0) is 15.3. The number of amides is 1.